The number of hydrogen-bond acceptors (Lipinski definition) is 6. The molecule has 3 N–H and O–H groups in total. The first kappa shape index (κ1) is 20.2. The smallest absolute Gasteiger partial charge is 0.310 e. The van der Waals surface area contributed by atoms with Gasteiger partial charge in [-0.25, -0.2) is 19.4 Å². The number of alkyl halides is 2. The fourth-order valence-electron chi connectivity index (χ4n) is 2.55. The fraction of sp³-hybridized carbons (Fsp3) is 0.250. The third-order valence-corrected chi connectivity index (χ3v) is 4.54. The van der Waals surface area contributed by atoms with Crippen LogP contribution < -0.4 is 11.1 Å². The summed E-state index contributed by atoms with van der Waals surface area (Å²) in [5.41, 5.74) is 2.21. The quantitative estimate of drug-likeness (QED) is 0.772. The van der Waals surface area contributed by atoms with E-state index in [0.29, 0.717) is 0 Å². The molecule has 1 aromatic carbocycles. The molecule has 0 bridgehead atoms. The molecule has 3 rings (SSSR count). The second kappa shape index (κ2) is 7.10. The lowest BCUT2D eigenvalue weighted by atomic mass is 9.87. The third-order valence-electron chi connectivity index (χ3n) is 4.09. The summed E-state index contributed by atoms with van der Waals surface area (Å²) >= 11 is 11.4. The molecule has 148 valence electrons. The van der Waals surface area contributed by atoms with E-state index in [1.165, 1.54) is 6.07 Å². The zero-order valence-corrected chi connectivity index (χ0v) is 15.7. The minimum Gasteiger partial charge on any atom is -0.448 e. The van der Waals surface area contributed by atoms with Crippen LogP contribution in [-0.4, -0.2) is 34.4 Å². The van der Waals surface area contributed by atoms with E-state index in [4.69, 9.17) is 33.7 Å². The number of ether oxygens (including phenoxy) is 1. The Morgan fingerprint density at radius 2 is 2.07 bits per heavy atom. The van der Waals surface area contributed by atoms with E-state index in [-0.39, 0.29) is 21.7 Å². The molecule has 2 aromatic rings. The van der Waals surface area contributed by atoms with Crippen molar-refractivity contribution in [3.8, 4) is 0 Å². The van der Waals surface area contributed by atoms with E-state index in [1.54, 1.807) is 0 Å². The van der Waals surface area contributed by atoms with E-state index in [9.17, 15) is 18.0 Å². The number of rotatable bonds is 3. The van der Waals surface area contributed by atoms with E-state index in [0.717, 1.165) is 25.3 Å². The number of aliphatic imine (C=N–C) groups is 1. The Morgan fingerprint density at radius 3 is 2.75 bits per heavy atom. The first-order chi connectivity index (χ1) is 13.0. The van der Waals surface area contributed by atoms with Crippen LogP contribution in [0.1, 0.15) is 23.0 Å². The van der Waals surface area contributed by atoms with Crippen molar-refractivity contribution >= 4 is 40.8 Å². The summed E-state index contributed by atoms with van der Waals surface area (Å²) in [6.45, 7) is 0.0153. The number of anilines is 1. The number of amidine groups is 1. The maximum Gasteiger partial charge on any atom is 0.310 e. The SMILES string of the molecule is C[C@]1(c2cc(NC(=O)c3ncc(Cl)nc3Cl)ccc2F)OC(N)=NCC1(F)F. The Labute approximate surface area is 166 Å². The van der Waals surface area contributed by atoms with Gasteiger partial charge in [-0.1, -0.05) is 23.2 Å². The van der Waals surface area contributed by atoms with E-state index in [1.807, 2.05) is 0 Å². The maximum atomic E-state index is 14.5. The number of nitrogens with zero attached hydrogens (tertiary/aromatic N) is 3. The zero-order chi connectivity index (χ0) is 20.7. The van der Waals surface area contributed by atoms with Gasteiger partial charge in [-0.05, 0) is 25.1 Å². The lowest BCUT2D eigenvalue weighted by molar-refractivity contribution is -0.173. The summed E-state index contributed by atoms with van der Waals surface area (Å²) in [4.78, 5) is 23.1. The molecule has 0 spiro atoms. The van der Waals surface area contributed by atoms with Crippen molar-refractivity contribution in [3.05, 3.63) is 51.8 Å². The monoisotopic (exact) mass is 433 g/mol. The highest BCUT2D eigenvalue weighted by Gasteiger charge is 2.57. The molecule has 1 aliphatic rings. The first-order valence-electron chi connectivity index (χ1n) is 7.70. The molecule has 0 unspecified atom stereocenters. The van der Waals surface area contributed by atoms with Crippen LogP contribution in [0.2, 0.25) is 10.3 Å². The number of carbonyl (C=O) groups is 1. The number of halogens is 5. The summed E-state index contributed by atoms with van der Waals surface area (Å²) in [5.74, 6) is -5.32. The van der Waals surface area contributed by atoms with Crippen LogP contribution in [0.3, 0.4) is 0 Å². The van der Waals surface area contributed by atoms with Crippen LogP contribution in [0.15, 0.2) is 29.4 Å². The van der Waals surface area contributed by atoms with E-state index < -0.39 is 41.4 Å². The number of nitrogens with two attached hydrogens (primary N) is 1. The lowest BCUT2D eigenvalue weighted by Gasteiger charge is -2.39. The van der Waals surface area contributed by atoms with Crippen molar-refractivity contribution in [1.82, 2.24) is 9.97 Å². The molecule has 2 heterocycles. The molecule has 0 aliphatic carbocycles. The van der Waals surface area contributed by atoms with E-state index >= 15 is 0 Å². The van der Waals surface area contributed by atoms with Crippen molar-refractivity contribution in [2.75, 3.05) is 11.9 Å². The van der Waals surface area contributed by atoms with Gasteiger partial charge in [0, 0.05) is 11.3 Å². The van der Waals surface area contributed by atoms with Crippen LogP contribution in [-0.2, 0) is 10.3 Å². The van der Waals surface area contributed by atoms with Crippen molar-refractivity contribution in [3.63, 3.8) is 0 Å². The van der Waals surface area contributed by atoms with Gasteiger partial charge in [0.25, 0.3) is 11.9 Å². The van der Waals surface area contributed by atoms with Gasteiger partial charge in [-0.15, -0.1) is 0 Å². The van der Waals surface area contributed by atoms with Gasteiger partial charge in [0.1, 0.15) is 17.5 Å². The van der Waals surface area contributed by atoms with Crippen molar-refractivity contribution < 1.29 is 22.7 Å². The Hall–Kier alpha value is -2.59. The molecular weight excluding hydrogens is 422 g/mol. The molecule has 0 saturated heterocycles. The molecule has 1 aliphatic heterocycles. The number of carbonyl (C=O) groups excluding carboxylic acids is 1. The van der Waals surface area contributed by atoms with E-state index in [2.05, 4.69) is 20.3 Å². The van der Waals surface area contributed by atoms with Crippen LogP contribution in [0.5, 0.6) is 0 Å². The number of amides is 1. The highest BCUT2D eigenvalue weighted by atomic mass is 35.5. The Balaban J connectivity index is 1.96. The summed E-state index contributed by atoms with van der Waals surface area (Å²) in [6, 6.07) is 2.60. The molecule has 1 atom stereocenters. The second-order valence-electron chi connectivity index (χ2n) is 5.98. The fourth-order valence-corrected chi connectivity index (χ4v) is 2.96. The molecule has 1 amide bonds. The Bertz CT molecular complexity index is 989. The first-order valence-corrected chi connectivity index (χ1v) is 8.45. The third kappa shape index (κ3) is 3.57. The highest BCUT2D eigenvalue weighted by Crippen LogP contribution is 2.44. The lowest BCUT2D eigenvalue weighted by Crippen LogP contribution is -2.53. The van der Waals surface area contributed by atoms with Crippen LogP contribution in [0, 0.1) is 5.82 Å². The van der Waals surface area contributed by atoms with Gasteiger partial charge in [0.15, 0.2) is 10.8 Å². The number of hydrogen-bond donors (Lipinski definition) is 2. The predicted molar refractivity (Wildman–Crippen MR) is 96.3 cm³/mol. The Morgan fingerprint density at radius 1 is 1.36 bits per heavy atom. The highest BCUT2D eigenvalue weighted by molar-refractivity contribution is 6.34. The van der Waals surface area contributed by atoms with Crippen LogP contribution >= 0.6 is 23.2 Å². The topological polar surface area (TPSA) is 102 Å². The minimum absolute atomic E-state index is 0.00377. The summed E-state index contributed by atoms with van der Waals surface area (Å²) in [6.07, 6.45) is 1.11. The van der Waals surface area contributed by atoms with Crippen molar-refractivity contribution in [2.45, 2.75) is 18.4 Å². The molecular formula is C16H12Cl2F3N5O2. The average molecular weight is 434 g/mol. The van der Waals surface area contributed by atoms with Gasteiger partial charge in [0.2, 0.25) is 5.60 Å². The van der Waals surface area contributed by atoms with Gasteiger partial charge >= 0.3 is 5.92 Å². The largest absolute Gasteiger partial charge is 0.448 e. The predicted octanol–water partition coefficient (Wildman–Crippen LogP) is 3.37. The summed E-state index contributed by atoms with van der Waals surface area (Å²) in [5, 5.41) is 2.11. The summed E-state index contributed by atoms with van der Waals surface area (Å²) in [7, 11) is 0. The van der Waals surface area contributed by atoms with Crippen LogP contribution in [0.4, 0.5) is 18.9 Å². The molecule has 0 saturated carbocycles. The Kier molecular flexibility index (Phi) is 5.11. The number of nitrogens with one attached hydrogen (secondary N) is 1. The zero-order valence-electron chi connectivity index (χ0n) is 14.1. The standard InChI is InChI=1S/C16H12Cl2F3N5O2/c1-15(16(20,21)6-24-14(22)28-15)8-4-7(2-3-9(8)19)25-13(27)11-12(18)26-10(17)5-23-11/h2-5H,6H2,1H3,(H2,22,24)(H,25,27)/t15-/m1/s1. The summed E-state index contributed by atoms with van der Waals surface area (Å²) < 4.78 is 48.3. The number of benzene rings is 1. The van der Waals surface area contributed by atoms with Gasteiger partial charge in [-0.3, -0.25) is 4.79 Å². The van der Waals surface area contributed by atoms with Crippen molar-refractivity contribution in [2.24, 2.45) is 10.7 Å². The van der Waals surface area contributed by atoms with Crippen molar-refractivity contribution in [1.29, 1.82) is 0 Å². The molecule has 0 radical (unpaired) electrons. The molecule has 12 heteroatoms. The normalized spacial score (nSPS) is 20.9. The molecule has 28 heavy (non-hydrogen) atoms. The van der Waals surface area contributed by atoms with Gasteiger partial charge < -0.3 is 15.8 Å². The number of aromatic nitrogens is 2. The minimum atomic E-state index is -3.55. The molecule has 0 fully saturated rings. The van der Waals surface area contributed by atoms with Crippen LogP contribution in [0.25, 0.3) is 0 Å². The maximum absolute atomic E-state index is 14.5. The average Bonchev–Trinajstić information content (AvgIpc) is 2.60. The second-order valence-corrected chi connectivity index (χ2v) is 6.72. The van der Waals surface area contributed by atoms with Gasteiger partial charge in [0.05, 0.1) is 6.20 Å². The van der Waals surface area contributed by atoms with Gasteiger partial charge in [-0.2, -0.15) is 8.78 Å². The molecule has 7 nitrogen and oxygen atoms in total. The molecule has 1 aromatic heterocycles.